The van der Waals surface area contributed by atoms with Crippen molar-refractivity contribution in [2.24, 2.45) is 0 Å². The van der Waals surface area contributed by atoms with Crippen molar-refractivity contribution in [1.82, 2.24) is 14.5 Å². The lowest BCUT2D eigenvalue weighted by molar-refractivity contribution is 0.0701. The summed E-state index contributed by atoms with van der Waals surface area (Å²) < 4.78 is 7.88. The third kappa shape index (κ3) is 3.45. The van der Waals surface area contributed by atoms with Crippen LogP contribution >= 0.6 is 11.3 Å². The van der Waals surface area contributed by atoms with Gasteiger partial charge in [-0.15, -0.1) is 11.3 Å². The number of aromatic carboxylic acids is 1. The number of hydrogen-bond acceptors (Lipinski definition) is 5. The van der Waals surface area contributed by atoms with Crippen molar-refractivity contribution in [3.05, 3.63) is 77.8 Å². The van der Waals surface area contributed by atoms with Gasteiger partial charge in [0.2, 0.25) is 0 Å². The quantitative estimate of drug-likeness (QED) is 0.541. The Balaban J connectivity index is 1.78. The lowest BCUT2D eigenvalue weighted by Crippen LogP contribution is -1.96. The van der Waals surface area contributed by atoms with Gasteiger partial charge < -0.3 is 14.4 Å². The van der Waals surface area contributed by atoms with E-state index in [4.69, 9.17) is 4.74 Å². The Kier molecular flexibility index (Phi) is 4.43. The van der Waals surface area contributed by atoms with Gasteiger partial charge >= 0.3 is 5.97 Å². The summed E-state index contributed by atoms with van der Waals surface area (Å²) in [4.78, 5) is 20.1. The summed E-state index contributed by atoms with van der Waals surface area (Å²) in [7, 11) is 0. The van der Waals surface area contributed by atoms with Crippen molar-refractivity contribution in [1.29, 1.82) is 0 Å². The van der Waals surface area contributed by atoms with E-state index in [1.54, 1.807) is 19.4 Å². The van der Waals surface area contributed by atoms with Gasteiger partial charge in [-0.1, -0.05) is 18.2 Å². The number of carboxylic acid groups (broad SMARTS) is 1. The zero-order chi connectivity index (χ0) is 18.8. The van der Waals surface area contributed by atoms with Crippen molar-refractivity contribution < 1.29 is 14.6 Å². The molecule has 2 aromatic carbocycles. The lowest BCUT2D eigenvalue weighted by Gasteiger charge is -2.13. The van der Waals surface area contributed by atoms with Crippen LogP contribution in [0.3, 0.4) is 0 Å². The molecule has 6 nitrogen and oxygen atoms in total. The zero-order valence-corrected chi connectivity index (χ0v) is 15.2. The number of carboxylic acids is 1. The smallest absolute Gasteiger partial charge is 0.347 e. The first-order valence-electron chi connectivity index (χ1n) is 8.18. The standard InChI is InChI=1S/C20H15N3O3S/c1-13-18(20(24)25)27-19(22-13)14-7-8-17(26-15-5-3-2-4-6-15)16(11-14)23-10-9-21-12-23/h2-12H,1H3,(H,24,25). The molecule has 0 spiro atoms. The van der Waals surface area contributed by atoms with Crippen LogP contribution in [-0.2, 0) is 0 Å². The number of benzene rings is 2. The van der Waals surface area contributed by atoms with E-state index in [0.717, 1.165) is 28.3 Å². The van der Waals surface area contributed by atoms with Crippen LogP contribution in [0.15, 0.2) is 67.3 Å². The third-order valence-corrected chi connectivity index (χ3v) is 5.14. The summed E-state index contributed by atoms with van der Waals surface area (Å²) >= 11 is 1.16. The maximum Gasteiger partial charge on any atom is 0.347 e. The Hall–Kier alpha value is -3.45. The van der Waals surface area contributed by atoms with E-state index in [2.05, 4.69) is 9.97 Å². The molecule has 4 aromatic rings. The van der Waals surface area contributed by atoms with Gasteiger partial charge in [-0.05, 0) is 37.3 Å². The molecule has 0 atom stereocenters. The Morgan fingerprint density at radius 1 is 1.19 bits per heavy atom. The molecule has 0 aliphatic heterocycles. The number of rotatable bonds is 5. The summed E-state index contributed by atoms with van der Waals surface area (Å²) in [6.45, 7) is 1.70. The summed E-state index contributed by atoms with van der Waals surface area (Å²) in [6, 6.07) is 15.2. The predicted octanol–water partition coefficient (Wildman–Crippen LogP) is 4.79. The fraction of sp³-hybridized carbons (Fsp3) is 0.0500. The van der Waals surface area contributed by atoms with Gasteiger partial charge in [-0.25, -0.2) is 14.8 Å². The highest BCUT2D eigenvalue weighted by Gasteiger charge is 2.17. The highest BCUT2D eigenvalue weighted by atomic mass is 32.1. The van der Waals surface area contributed by atoms with Gasteiger partial charge in [0.25, 0.3) is 0 Å². The van der Waals surface area contributed by atoms with E-state index < -0.39 is 5.97 Å². The monoisotopic (exact) mass is 377 g/mol. The molecule has 1 N–H and O–H groups in total. The van der Waals surface area contributed by atoms with Gasteiger partial charge in [-0.3, -0.25) is 0 Å². The molecule has 134 valence electrons. The topological polar surface area (TPSA) is 77.2 Å². The van der Waals surface area contributed by atoms with Crippen LogP contribution in [-0.4, -0.2) is 25.6 Å². The molecule has 0 amide bonds. The number of hydrogen-bond donors (Lipinski definition) is 1. The first-order chi connectivity index (χ1) is 13.1. The van der Waals surface area contributed by atoms with Gasteiger partial charge in [0.1, 0.15) is 15.6 Å². The molecule has 0 aliphatic carbocycles. The van der Waals surface area contributed by atoms with Crippen LogP contribution in [0.5, 0.6) is 11.5 Å². The van der Waals surface area contributed by atoms with E-state index in [1.165, 1.54) is 0 Å². The second-order valence-corrected chi connectivity index (χ2v) is 6.81. The molecular weight excluding hydrogens is 362 g/mol. The molecule has 2 aromatic heterocycles. The molecule has 0 radical (unpaired) electrons. The van der Waals surface area contributed by atoms with Crippen molar-refractivity contribution in [3.8, 4) is 27.8 Å². The average molecular weight is 377 g/mol. The van der Waals surface area contributed by atoms with Crippen LogP contribution < -0.4 is 4.74 Å². The summed E-state index contributed by atoms with van der Waals surface area (Å²) in [5, 5.41) is 9.93. The normalized spacial score (nSPS) is 10.7. The Bertz CT molecular complexity index is 1090. The molecule has 0 fully saturated rings. The van der Waals surface area contributed by atoms with E-state index in [1.807, 2.05) is 59.3 Å². The van der Waals surface area contributed by atoms with Crippen molar-refractivity contribution in [2.45, 2.75) is 6.92 Å². The van der Waals surface area contributed by atoms with Crippen LogP contribution in [0.4, 0.5) is 0 Å². The number of aromatic nitrogens is 3. The van der Waals surface area contributed by atoms with E-state index in [0.29, 0.717) is 16.5 Å². The van der Waals surface area contributed by atoms with Gasteiger partial charge in [0.05, 0.1) is 17.7 Å². The number of aryl methyl sites for hydroxylation is 1. The molecule has 0 saturated heterocycles. The summed E-state index contributed by atoms with van der Waals surface area (Å²) in [6.07, 6.45) is 5.20. The number of nitrogens with zero attached hydrogens (tertiary/aromatic N) is 3. The fourth-order valence-corrected chi connectivity index (χ4v) is 3.58. The highest BCUT2D eigenvalue weighted by molar-refractivity contribution is 7.17. The lowest BCUT2D eigenvalue weighted by atomic mass is 10.2. The molecule has 7 heteroatoms. The minimum Gasteiger partial charge on any atom is -0.477 e. The largest absolute Gasteiger partial charge is 0.477 e. The summed E-state index contributed by atoms with van der Waals surface area (Å²) in [5.41, 5.74) is 2.12. The number of thiazole rings is 1. The molecule has 0 aliphatic rings. The molecule has 0 saturated carbocycles. The maximum absolute atomic E-state index is 11.3. The molecule has 2 heterocycles. The van der Waals surface area contributed by atoms with Crippen molar-refractivity contribution in [2.75, 3.05) is 0 Å². The number of ether oxygens (including phenoxy) is 1. The molecule has 4 rings (SSSR count). The van der Waals surface area contributed by atoms with Crippen LogP contribution in [0, 0.1) is 6.92 Å². The van der Waals surface area contributed by atoms with Gasteiger partial charge in [0.15, 0.2) is 5.75 Å². The Labute approximate surface area is 159 Å². The molecule has 27 heavy (non-hydrogen) atoms. The minimum atomic E-state index is -0.963. The van der Waals surface area contributed by atoms with Crippen molar-refractivity contribution >= 4 is 17.3 Å². The minimum absolute atomic E-state index is 0.249. The third-order valence-electron chi connectivity index (χ3n) is 3.95. The Morgan fingerprint density at radius 3 is 2.67 bits per heavy atom. The Morgan fingerprint density at radius 2 is 2.00 bits per heavy atom. The van der Waals surface area contributed by atoms with Gasteiger partial charge in [-0.2, -0.15) is 0 Å². The number of carbonyl (C=O) groups is 1. The summed E-state index contributed by atoms with van der Waals surface area (Å²) in [5.74, 6) is 0.426. The predicted molar refractivity (Wildman–Crippen MR) is 103 cm³/mol. The highest BCUT2D eigenvalue weighted by Crippen LogP contribution is 2.35. The average Bonchev–Trinajstić information content (AvgIpc) is 3.33. The van der Waals surface area contributed by atoms with E-state index >= 15 is 0 Å². The first-order valence-corrected chi connectivity index (χ1v) is 9.00. The second kappa shape index (κ2) is 7.05. The molecular formula is C20H15N3O3S. The first kappa shape index (κ1) is 17.0. The molecule has 0 bridgehead atoms. The van der Waals surface area contributed by atoms with E-state index in [9.17, 15) is 9.90 Å². The van der Waals surface area contributed by atoms with Crippen LogP contribution in [0.1, 0.15) is 15.4 Å². The fourth-order valence-electron chi connectivity index (χ4n) is 2.67. The SMILES string of the molecule is Cc1nc(-c2ccc(Oc3ccccc3)c(-n3ccnc3)c2)sc1C(=O)O. The number of para-hydroxylation sites is 1. The molecule has 0 unspecified atom stereocenters. The number of imidazole rings is 1. The van der Waals surface area contributed by atoms with Crippen LogP contribution in [0.25, 0.3) is 16.3 Å². The van der Waals surface area contributed by atoms with Crippen LogP contribution in [0.2, 0.25) is 0 Å². The van der Waals surface area contributed by atoms with Crippen molar-refractivity contribution in [3.63, 3.8) is 0 Å². The van der Waals surface area contributed by atoms with E-state index in [-0.39, 0.29) is 4.88 Å². The second-order valence-electron chi connectivity index (χ2n) is 5.81. The zero-order valence-electron chi connectivity index (χ0n) is 14.4. The van der Waals surface area contributed by atoms with Gasteiger partial charge in [0, 0.05) is 18.0 Å². The maximum atomic E-state index is 11.3.